The molecule has 1 rings (SSSR count). The first-order valence-corrected chi connectivity index (χ1v) is 3.29. The Hall–Kier alpha value is -0.370. The van der Waals surface area contributed by atoms with Gasteiger partial charge in [-0.2, -0.15) is 0 Å². The lowest BCUT2D eigenvalue weighted by molar-refractivity contribution is 0.326. The van der Waals surface area contributed by atoms with Crippen molar-refractivity contribution in [3.63, 3.8) is 0 Å². The Labute approximate surface area is 54.9 Å². The standard InChI is InChI=1S/C7H12FN/c1-6-2-3-9-5-7(8)4-6/h2,7,9H,3-5H2,1H3/t7-/m0/s1. The topological polar surface area (TPSA) is 12.0 Å². The fourth-order valence-corrected chi connectivity index (χ4v) is 0.991. The van der Waals surface area contributed by atoms with Gasteiger partial charge < -0.3 is 5.32 Å². The van der Waals surface area contributed by atoms with Crippen LogP contribution in [0.1, 0.15) is 13.3 Å². The summed E-state index contributed by atoms with van der Waals surface area (Å²) < 4.78 is 12.6. The Morgan fingerprint density at radius 2 is 2.56 bits per heavy atom. The summed E-state index contributed by atoms with van der Waals surface area (Å²) in [6.45, 7) is 3.31. The molecule has 9 heavy (non-hydrogen) atoms. The van der Waals surface area contributed by atoms with Crippen LogP contribution in [0.25, 0.3) is 0 Å². The Balaban J connectivity index is 2.44. The van der Waals surface area contributed by atoms with Crippen LogP contribution in [0.5, 0.6) is 0 Å². The molecule has 1 N–H and O–H groups in total. The summed E-state index contributed by atoms with van der Waals surface area (Å²) in [6.07, 6.45) is 1.97. The van der Waals surface area contributed by atoms with Crippen LogP contribution < -0.4 is 5.32 Å². The number of alkyl halides is 1. The van der Waals surface area contributed by atoms with Crippen LogP contribution in [0, 0.1) is 0 Å². The fraction of sp³-hybridized carbons (Fsp3) is 0.714. The average Bonchev–Trinajstić information content (AvgIpc) is 1.93. The van der Waals surface area contributed by atoms with E-state index in [2.05, 4.69) is 5.32 Å². The Kier molecular flexibility index (Phi) is 2.22. The van der Waals surface area contributed by atoms with Gasteiger partial charge in [0.05, 0.1) is 0 Å². The predicted octanol–water partition coefficient (Wildman–Crippen LogP) is 1.26. The van der Waals surface area contributed by atoms with Crippen molar-refractivity contribution in [3.05, 3.63) is 11.6 Å². The normalized spacial score (nSPS) is 29.1. The molecule has 1 aliphatic heterocycles. The summed E-state index contributed by atoms with van der Waals surface area (Å²) in [6, 6.07) is 0. The molecule has 0 bridgehead atoms. The first-order chi connectivity index (χ1) is 4.29. The second-order valence-electron chi connectivity index (χ2n) is 2.51. The van der Waals surface area contributed by atoms with E-state index in [1.165, 1.54) is 0 Å². The summed E-state index contributed by atoms with van der Waals surface area (Å²) in [5, 5.41) is 2.98. The van der Waals surface area contributed by atoms with Crippen molar-refractivity contribution in [1.82, 2.24) is 5.32 Å². The number of halogens is 1. The minimum Gasteiger partial charge on any atom is -0.310 e. The summed E-state index contributed by atoms with van der Waals surface area (Å²) in [5.74, 6) is 0. The molecule has 0 unspecified atom stereocenters. The van der Waals surface area contributed by atoms with E-state index in [1.807, 2.05) is 13.0 Å². The molecular weight excluding hydrogens is 117 g/mol. The van der Waals surface area contributed by atoms with Gasteiger partial charge in [-0.3, -0.25) is 0 Å². The van der Waals surface area contributed by atoms with Gasteiger partial charge in [0.25, 0.3) is 0 Å². The molecule has 0 aromatic carbocycles. The maximum Gasteiger partial charge on any atom is 0.116 e. The second kappa shape index (κ2) is 2.97. The predicted molar refractivity (Wildman–Crippen MR) is 36.1 cm³/mol. The Morgan fingerprint density at radius 3 is 3.33 bits per heavy atom. The second-order valence-corrected chi connectivity index (χ2v) is 2.51. The molecule has 1 atom stereocenters. The number of hydrogen-bond donors (Lipinski definition) is 1. The molecule has 0 amide bonds. The Morgan fingerprint density at radius 1 is 1.78 bits per heavy atom. The largest absolute Gasteiger partial charge is 0.310 e. The number of rotatable bonds is 0. The molecule has 0 radical (unpaired) electrons. The third-order valence-corrected chi connectivity index (χ3v) is 1.50. The summed E-state index contributed by atoms with van der Waals surface area (Å²) in [5.41, 5.74) is 1.16. The number of nitrogens with one attached hydrogen (secondary N) is 1. The Bertz CT molecular complexity index is 120. The van der Waals surface area contributed by atoms with Gasteiger partial charge in [0.2, 0.25) is 0 Å². The van der Waals surface area contributed by atoms with Crippen LogP contribution in [0.2, 0.25) is 0 Å². The molecule has 0 aliphatic carbocycles. The first kappa shape index (κ1) is 6.75. The van der Waals surface area contributed by atoms with Crippen LogP contribution in [0.3, 0.4) is 0 Å². The van der Waals surface area contributed by atoms with Crippen molar-refractivity contribution in [3.8, 4) is 0 Å². The van der Waals surface area contributed by atoms with E-state index in [0.29, 0.717) is 13.0 Å². The van der Waals surface area contributed by atoms with Crippen molar-refractivity contribution in [2.24, 2.45) is 0 Å². The first-order valence-electron chi connectivity index (χ1n) is 3.29. The van der Waals surface area contributed by atoms with E-state index >= 15 is 0 Å². The maximum absolute atomic E-state index is 12.6. The zero-order valence-corrected chi connectivity index (χ0v) is 5.65. The zero-order valence-electron chi connectivity index (χ0n) is 5.65. The summed E-state index contributed by atoms with van der Waals surface area (Å²) in [7, 11) is 0. The molecule has 1 nitrogen and oxygen atoms in total. The number of allylic oxidation sites excluding steroid dienone is 1. The van der Waals surface area contributed by atoms with E-state index in [-0.39, 0.29) is 0 Å². The van der Waals surface area contributed by atoms with Gasteiger partial charge in [0.15, 0.2) is 0 Å². The van der Waals surface area contributed by atoms with Crippen molar-refractivity contribution in [1.29, 1.82) is 0 Å². The van der Waals surface area contributed by atoms with E-state index in [4.69, 9.17) is 0 Å². The van der Waals surface area contributed by atoms with Crippen molar-refractivity contribution >= 4 is 0 Å². The quantitative estimate of drug-likeness (QED) is 0.485. The van der Waals surface area contributed by atoms with Crippen LogP contribution in [-0.4, -0.2) is 19.3 Å². The van der Waals surface area contributed by atoms with Crippen molar-refractivity contribution in [2.75, 3.05) is 13.1 Å². The third-order valence-electron chi connectivity index (χ3n) is 1.50. The van der Waals surface area contributed by atoms with Crippen LogP contribution in [0.4, 0.5) is 4.39 Å². The van der Waals surface area contributed by atoms with Crippen molar-refractivity contribution in [2.45, 2.75) is 19.5 Å². The highest BCUT2D eigenvalue weighted by molar-refractivity contribution is 5.03. The van der Waals surface area contributed by atoms with Crippen LogP contribution >= 0.6 is 0 Å². The molecule has 0 saturated carbocycles. The summed E-state index contributed by atoms with van der Waals surface area (Å²) >= 11 is 0. The molecule has 0 saturated heterocycles. The van der Waals surface area contributed by atoms with Crippen LogP contribution in [0.15, 0.2) is 11.6 Å². The highest BCUT2D eigenvalue weighted by atomic mass is 19.1. The van der Waals surface area contributed by atoms with Gasteiger partial charge in [-0.1, -0.05) is 11.6 Å². The average molecular weight is 129 g/mol. The van der Waals surface area contributed by atoms with E-state index in [0.717, 1.165) is 12.1 Å². The SMILES string of the molecule is CC1=CCNC[C@@H](F)C1. The zero-order chi connectivity index (χ0) is 6.69. The third kappa shape index (κ3) is 2.14. The molecule has 52 valence electrons. The lowest BCUT2D eigenvalue weighted by atomic mass is 10.1. The van der Waals surface area contributed by atoms with Crippen molar-refractivity contribution < 1.29 is 4.39 Å². The minimum absolute atomic E-state index is 0.508. The monoisotopic (exact) mass is 129 g/mol. The number of hydrogen-bond acceptors (Lipinski definition) is 1. The highest BCUT2D eigenvalue weighted by Crippen LogP contribution is 2.08. The molecule has 0 aromatic heterocycles. The highest BCUT2D eigenvalue weighted by Gasteiger charge is 2.08. The van der Waals surface area contributed by atoms with E-state index in [9.17, 15) is 4.39 Å². The van der Waals surface area contributed by atoms with Gasteiger partial charge in [-0.15, -0.1) is 0 Å². The molecule has 2 heteroatoms. The van der Waals surface area contributed by atoms with Gasteiger partial charge in [-0.25, -0.2) is 4.39 Å². The molecule has 1 aliphatic rings. The van der Waals surface area contributed by atoms with Gasteiger partial charge >= 0.3 is 0 Å². The summed E-state index contributed by atoms with van der Waals surface area (Å²) in [4.78, 5) is 0. The molecule has 0 aromatic rings. The maximum atomic E-state index is 12.6. The van der Waals surface area contributed by atoms with Crippen LogP contribution in [-0.2, 0) is 0 Å². The minimum atomic E-state index is -0.677. The van der Waals surface area contributed by atoms with Gasteiger partial charge in [0, 0.05) is 19.5 Å². The van der Waals surface area contributed by atoms with Gasteiger partial charge in [0.1, 0.15) is 6.17 Å². The fourth-order valence-electron chi connectivity index (χ4n) is 0.991. The van der Waals surface area contributed by atoms with E-state index < -0.39 is 6.17 Å². The van der Waals surface area contributed by atoms with E-state index in [1.54, 1.807) is 0 Å². The molecule has 1 heterocycles. The smallest absolute Gasteiger partial charge is 0.116 e. The lowest BCUT2D eigenvalue weighted by Crippen LogP contribution is -2.21. The molecule has 0 spiro atoms. The lowest BCUT2D eigenvalue weighted by Gasteiger charge is -2.02. The van der Waals surface area contributed by atoms with Gasteiger partial charge in [-0.05, 0) is 6.92 Å². The molecular formula is C7H12FN. The molecule has 0 fully saturated rings.